The molecular formula is C6H9N5O3. The van der Waals surface area contributed by atoms with E-state index in [0.717, 1.165) is 0 Å². The van der Waals surface area contributed by atoms with Gasteiger partial charge in [-0.15, -0.1) is 10.2 Å². The molecular weight excluding hydrogens is 190 g/mol. The lowest BCUT2D eigenvalue weighted by molar-refractivity contribution is -0.136. The lowest BCUT2D eigenvalue weighted by atomic mass is 10.2. The van der Waals surface area contributed by atoms with Gasteiger partial charge in [0.1, 0.15) is 5.69 Å². The van der Waals surface area contributed by atoms with E-state index in [-0.39, 0.29) is 24.5 Å². The van der Waals surface area contributed by atoms with Gasteiger partial charge in [0.15, 0.2) is 0 Å². The van der Waals surface area contributed by atoms with E-state index in [4.69, 9.17) is 16.7 Å². The highest BCUT2D eigenvalue weighted by Gasteiger charge is 2.09. The van der Waals surface area contributed by atoms with E-state index in [0.29, 0.717) is 4.68 Å². The van der Waals surface area contributed by atoms with Crippen LogP contribution in [0.1, 0.15) is 12.1 Å². The van der Waals surface area contributed by atoms with Crippen LogP contribution >= 0.6 is 0 Å². The highest BCUT2D eigenvalue weighted by atomic mass is 16.4. The summed E-state index contributed by atoms with van der Waals surface area (Å²) >= 11 is 0. The van der Waals surface area contributed by atoms with Gasteiger partial charge in [-0.2, -0.15) is 4.68 Å². The van der Waals surface area contributed by atoms with Crippen LogP contribution in [0.5, 0.6) is 0 Å². The first kappa shape index (κ1) is 9.96. The summed E-state index contributed by atoms with van der Waals surface area (Å²) in [7, 11) is 0. The molecule has 0 amide bonds. The molecule has 0 aliphatic rings. The summed E-state index contributed by atoms with van der Waals surface area (Å²) in [5.74, 6) is 3.98. The van der Waals surface area contributed by atoms with E-state index in [1.807, 2.05) is 0 Å². The second-order valence-corrected chi connectivity index (χ2v) is 2.57. The molecule has 0 saturated carbocycles. The predicted octanol–water partition coefficient (Wildman–Crippen LogP) is -2.05. The summed E-state index contributed by atoms with van der Waals surface area (Å²) in [5.41, 5.74) is 4.56. The van der Waals surface area contributed by atoms with Crippen LogP contribution in [-0.4, -0.2) is 25.9 Å². The van der Waals surface area contributed by atoms with Crippen molar-refractivity contribution in [3.63, 3.8) is 0 Å². The van der Waals surface area contributed by atoms with Gasteiger partial charge in [0.05, 0.1) is 6.42 Å². The van der Waals surface area contributed by atoms with E-state index in [1.165, 1.54) is 0 Å². The molecule has 0 radical (unpaired) electrons. The Morgan fingerprint density at radius 2 is 2.14 bits per heavy atom. The Morgan fingerprint density at radius 1 is 1.50 bits per heavy atom. The maximum absolute atomic E-state index is 11.3. The largest absolute Gasteiger partial charge is 0.481 e. The number of carboxylic acids is 1. The van der Waals surface area contributed by atoms with Gasteiger partial charge < -0.3 is 16.7 Å². The molecule has 0 atom stereocenters. The van der Waals surface area contributed by atoms with Gasteiger partial charge in [-0.3, -0.25) is 9.59 Å². The number of rotatable bonds is 3. The Labute approximate surface area is 78.1 Å². The van der Waals surface area contributed by atoms with Gasteiger partial charge in [0, 0.05) is 6.42 Å². The van der Waals surface area contributed by atoms with Crippen LogP contribution in [0.2, 0.25) is 0 Å². The minimum Gasteiger partial charge on any atom is -0.481 e. The molecule has 14 heavy (non-hydrogen) atoms. The molecule has 76 valence electrons. The fraction of sp³-hybridized carbons (Fsp3) is 0.333. The molecule has 1 aromatic rings. The quantitative estimate of drug-likeness (QED) is 0.476. The fourth-order valence-corrected chi connectivity index (χ4v) is 0.828. The molecule has 0 aliphatic heterocycles. The van der Waals surface area contributed by atoms with Crippen molar-refractivity contribution in [2.24, 2.45) is 0 Å². The molecule has 0 saturated heterocycles. The SMILES string of the molecule is Nc1nnc(CCC(=O)O)c(=O)n1N. The zero-order valence-electron chi connectivity index (χ0n) is 7.17. The van der Waals surface area contributed by atoms with Crippen molar-refractivity contribution in [2.45, 2.75) is 12.8 Å². The van der Waals surface area contributed by atoms with Crippen LogP contribution in [0.3, 0.4) is 0 Å². The second kappa shape index (κ2) is 3.73. The highest BCUT2D eigenvalue weighted by molar-refractivity contribution is 5.66. The molecule has 0 bridgehead atoms. The number of aromatic nitrogens is 3. The molecule has 0 unspecified atom stereocenters. The highest BCUT2D eigenvalue weighted by Crippen LogP contribution is 1.93. The number of anilines is 1. The van der Waals surface area contributed by atoms with Crippen molar-refractivity contribution in [1.82, 2.24) is 14.9 Å². The number of aliphatic carboxylic acids is 1. The van der Waals surface area contributed by atoms with Crippen LogP contribution < -0.4 is 17.1 Å². The maximum Gasteiger partial charge on any atom is 0.303 e. The van der Waals surface area contributed by atoms with Crippen molar-refractivity contribution in [3.05, 3.63) is 16.0 Å². The fourth-order valence-electron chi connectivity index (χ4n) is 0.828. The van der Waals surface area contributed by atoms with Crippen LogP contribution in [0.15, 0.2) is 4.79 Å². The van der Waals surface area contributed by atoms with Gasteiger partial charge >= 0.3 is 5.97 Å². The Hall–Kier alpha value is -2.12. The number of nitrogen functional groups attached to an aromatic ring is 2. The summed E-state index contributed by atoms with van der Waals surface area (Å²) in [6.07, 6.45) is -0.216. The minimum atomic E-state index is -1.02. The summed E-state index contributed by atoms with van der Waals surface area (Å²) < 4.78 is 0.629. The molecule has 1 aromatic heterocycles. The van der Waals surface area contributed by atoms with Gasteiger partial charge in [-0.1, -0.05) is 0 Å². The van der Waals surface area contributed by atoms with Crippen molar-refractivity contribution >= 4 is 11.9 Å². The third-order valence-electron chi connectivity index (χ3n) is 1.56. The third kappa shape index (κ3) is 1.97. The van der Waals surface area contributed by atoms with Crippen LogP contribution in [0.4, 0.5) is 5.95 Å². The maximum atomic E-state index is 11.3. The lowest BCUT2D eigenvalue weighted by Gasteiger charge is -2.02. The summed E-state index contributed by atoms with van der Waals surface area (Å²) in [5, 5.41) is 15.2. The normalized spacial score (nSPS) is 10.0. The topological polar surface area (TPSA) is 137 Å². The third-order valence-corrected chi connectivity index (χ3v) is 1.56. The molecule has 1 rings (SSSR count). The predicted molar refractivity (Wildman–Crippen MR) is 46.8 cm³/mol. The average molecular weight is 199 g/mol. The molecule has 0 aliphatic carbocycles. The molecule has 0 aromatic carbocycles. The smallest absolute Gasteiger partial charge is 0.303 e. The molecule has 0 spiro atoms. The average Bonchev–Trinajstić information content (AvgIpc) is 2.13. The van der Waals surface area contributed by atoms with Crippen LogP contribution in [0, 0.1) is 0 Å². The molecule has 1 heterocycles. The monoisotopic (exact) mass is 199 g/mol. The van der Waals surface area contributed by atoms with Crippen LogP contribution in [-0.2, 0) is 11.2 Å². The Balaban J connectivity index is 2.95. The molecule has 8 nitrogen and oxygen atoms in total. The summed E-state index contributed by atoms with van der Waals surface area (Å²) in [4.78, 5) is 21.5. The zero-order valence-corrected chi connectivity index (χ0v) is 7.17. The number of aryl methyl sites for hydroxylation is 1. The first-order valence-corrected chi connectivity index (χ1v) is 3.73. The van der Waals surface area contributed by atoms with E-state index >= 15 is 0 Å². The van der Waals surface area contributed by atoms with Crippen LogP contribution in [0.25, 0.3) is 0 Å². The summed E-state index contributed by atoms with van der Waals surface area (Å²) in [6, 6.07) is 0. The van der Waals surface area contributed by atoms with Gasteiger partial charge in [-0.25, -0.2) is 0 Å². The van der Waals surface area contributed by atoms with Gasteiger partial charge in [-0.05, 0) is 0 Å². The number of nitrogens with two attached hydrogens (primary N) is 2. The Kier molecular flexibility index (Phi) is 2.65. The molecule has 8 heteroatoms. The minimum absolute atomic E-state index is 0.0101. The number of carboxylic acid groups (broad SMARTS) is 1. The number of hydrogen-bond acceptors (Lipinski definition) is 6. The molecule has 0 fully saturated rings. The van der Waals surface area contributed by atoms with E-state index in [9.17, 15) is 9.59 Å². The Morgan fingerprint density at radius 3 is 2.71 bits per heavy atom. The van der Waals surface area contributed by atoms with Crippen molar-refractivity contribution in [3.8, 4) is 0 Å². The number of hydrogen-bond donors (Lipinski definition) is 3. The molecule has 5 N–H and O–H groups in total. The van der Waals surface area contributed by atoms with Crippen molar-refractivity contribution in [2.75, 3.05) is 11.6 Å². The van der Waals surface area contributed by atoms with Crippen molar-refractivity contribution < 1.29 is 9.90 Å². The first-order chi connectivity index (χ1) is 6.52. The zero-order chi connectivity index (χ0) is 10.7. The Bertz CT molecular complexity index is 412. The van der Waals surface area contributed by atoms with Crippen molar-refractivity contribution in [1.29, 1.82) is 0 Å². The number of nitrogens with zero attached hydrogens (tertiary/aromatic N) is 3. The standard InChI is InChI=1S/C6H9N5O3/c7-6-10-9-3(1-2-4(12)13)5(14)11(6)8/h1-2,8H2,(H2,7,10)(H,12,13). The van der Waals surface area contributed by atoms with Gasteiger partial charge in [0.25, 0.3) is 5.56 Å². The van der Waals surface area contributed by atoms with E-state index < -0.39 is 11.5 Å². The van der Waals surface area contributed by atoms with Gasteiger partial charge in [0.2, 0.25) is 5.95 Å². The second-order valence-electron chi connectivity index (χ2n) is 2.57. The summed E-state index contributed by atoms with van der Waals surface area (Å²) in [6.45, 7) is 0. The lowest BCUT2D eigenvalue weighted by Crippen LogP contribution is -2.34. The number of carbonyl (C=O) groups is 1. The van der Waals surface area contributed by atoms with E-state index in [2.05, 4.69) is 10.2 Å². The van der Waals surface area contributed by atoms with E-state index in [1.54, 1.807) is 0 Å². The first-order valence-electron chi connectivity index (χ1n) is 3.73.